The Labute approximate surface area is 301 Å². The third-order valence-corrected chi connectivity index (χ3v) is 8.90. The summed E-state index contributed by atoms with van der Waals surface area (Å²) >= 11 is 0. The Hall–Kier alpha value is -3.53. The van der Waals surface area contributed by atoms with E-state index in [2.05, 4.69) is 101 Å². The van der Waals surface area contributed by atoms with Gasteiger partial charge in [-0.3, -0.25) is 4.79 Å². The van der Waals surface area contributed by atoms with E-state index in [9.17, 15) is 9.90 Å². The number of carbonyl (C=O) groups excluding carboxylic acids is 1. The third kappa shape index (κ3) is 9.77. The minimum atomic E-state index is 0. The van der Waals surface area contributed by atoms with Crippen LogP contribution >= 0.6 is 0 Å². The van der Waals surface area contributed by atoms with Gasteiger partial charge in [-0.05, 0) is 82.6 Å². The average molecular weight is 823 g/mol. The molecule has 1 N–H and O–H groups in total. The topological polar surface area (TPSA) is 63.3 Å². The van der Waals surface area contributed by atoms with Crippen LogP contribution in [0.2, 0.25) is 0 Å². The van der Waals surface area contributed by atoms with Crippen molar-refractivity contribution in [3.63, 3.8) is 0 Å². The summed E-state index contributed by atoms with van der Waals surface area (Å²) in [7, 11) is 0. The normalized spacial score (nSPS) is 11.9. The zero-order chi connectivity index (χ0) is 34.3. The average Bonchev–Trinajstić information content (AvgIpc) is 3.48. The van der Waals surface area contributed by atoms with Crippen LogP contribution in [-0.2, 0) is 31.3 Å². The van der Waals surface area contributed by atoms with E-state index in [1.165, 1.54) is 27.8 Å². The minimum absolute atomic E-state index is 0. The molecule has 0 saturated carbocycles. The van der Waals surface area contributed by atoms with Gasteiger partial charge >= 0.3 is 0 Å². The molecule has 2 aromatic heterocycles. The molecule has 2 heterocycles. The van der Waals surface area contributed by atoms with Crippen LogP contribution in [0.1, 0.15) is 91.0 Å². The molecule has 5 heteroatoms. The second-order valence-electron chi connectivity index (χ2n) is 14.0. The molecule has 1 radical (unpaired) electrons. The Morgan fingerprint density at radius 3 is 2.15 bits per heavy atom. The van der Waals surface area contributed by atoms with Gasteiger partial charge in [0.1, 0.15) is 11.5 Å². The number of furan rings is 1. The Kier molecular flexibility index (Phi) is 14.0. The molecular formula is C43H52IrNO3-. The molecule has 5 aromatic rings. The summed E-state index contributed by atoms with van der Waals surface area (Å²) in [6.07, 6.45) is 7.74. The maximum Gasteiger partial charge on any atom is 0.162 e. The number of nitrogens with zero attached hydrogens (tertiary/aromatic N) is 1. The number of ketones is 1. The van der Waals surface area contributed by atoms with Crippen LogP contribution in [0.4, 0.5) is 0 Å². The van der Waals surface area contributed by atoms with Crippen LogP contribution in [0.15, 0.2) is 83.1 Å². The van der Waals surface area contributed by atoms with E-state index in [0.29, 0.717) is 0 Å². The van der Waals surface area contributed by atoms with E-state index in [4.69, 9.17) is 9.40 Å². The number of aliphatic hydroxyl groups is 1. The molecule has 0 aliphatic heterocycles. The fraction of sp³-hybridized carbons (Fsp3) is 0.395. The van der Waals surface area contributed by atoms with Crippen molar-refractivity contribution in [1.82, 2.24) is 4.98 Å². The predicted octanol–water partition coefficient (Wildman–Crippen LogP) is 12.2. The van der Waals surface area contributed by atoms with Crippen LogP contribution in [0.3, 0.4) is 0 Å². The van der Waals surface area contributed by atoms with E-state index in [-0.39, 0.29) is 48.9 Å². The van der Waals surface area contributed by atoms with Crippen LogP contribution in [0.25, 0.3) is 44.1 Å². The Balaban J connectivity index is 0.000000334. The molecule has 0 bridgehead atoms. The standard InChI is InChI=1S/C30H28NO.C13H24O2.Ir/c1-19-14-20(2)16-23(15-19)29-27-10-6-21-17-22(7-9-25(21)26(27)12-13-31-29)28-11-8-24(32-28)18-30(3,4)5;1-5-10(6-2)12(14)9-13(15)11(7-3)8-4;/h6-15,17H,18H2,1-5H3;9-11,14H,5-8H2,1-4H3;/q-1;;/b;12-9-;. The SMILES string of the molecule is CCC(CC)C(=O)/C=C(\O)C(CC)CC.Cc1[c-]c(-c2nccc3c2ccc2cc(-c4ccc(CC(C)(C)C)o4)ccc23)cc(C)c1.[Ir]. The van der Waals surface area contributed by atoms with Gasteiger partial charge in [0.25, 0.3) is 0 Å². The van der Waals surface area contributed by atoms with Crippen molar-refractivity contribution in [1.29, 1.82) is 0 Å². The van der Waals surface area contributed by atoms with E-state index in [0.717, 1.165) is 71.4 Å². The Morgan fingerprint density at radius 1 is 0.854 bits per heavy atom. The van der Waals surface area contributed by atoms with Gasteiger partial charge in [0.05, 0.1) is 5.76 Å². The monoisotopic (exact) mass is 823 g/mol. The zero-order valence-corrected chi connectivity index (χ0v) is 32.6. The van der Waals surface area contributed by atoms with E-state index in [1.54, 1.807) is 0 Å². The van der Waals surface area contributed by atoms with Crippen molar-refractivity contribution in [2.24, 2.45) is 17.3 Å². The number of aryl methyl sites for hydroxylation is 2. The number of benzene rings is 3. The molecular weight excluding hydrogens is 771 g/mol. The fourth-order valence-corrected chi connectivity index (χ4v) is 6.32. The molecule has 48 heavy (non-hydrogen) atoms. The van der Waals surface area contributed by atoms with Gasteiger partial charge in [0.15, 0.2) is 5.78 Å². The predicted molar refractivity (Wildman–Crippen MR) is 198 cm³/mol. The molecule has 0 saturated heterocycles. The second-order valence-corrected chi connectivity index (χ2v) is 14.0. The van der Waals surface area contributed by atoms with Crippen molar-refractivity contribution in [2.75, 3.05) is 0 Å². The van der Waals surface area contributed by atoms with Crippen molar-refractivity contribution < 1.29 is 34.4 Å². The third-order valence-electron chi connectivity index (χ3n) is 8.90. The summed E-state index contributed by atoms with van der Waals surface area (Å²) in [4.78, 5) is 16.4. The summed E-state index contributed by atoms with van der Waals surface area (Å²) in [5.41, 5.74) is 5.70. The maximum atomic E-state index is 11.7. The number of aromatic nitrogens is 1. The molecule has 0 atom stereocenters. The van der Waals surface area contributed by atoms with Gasteiger partial charge in [-0.2, -0.15) is 0 Å². The molecule has 0 aliphatic carbocycles. The van der Waals surface area contributed by atoms with Crippen molar-refractivity contribution in [3.8, 4) is 22.6 Å². The number of hydrogen-bond donors (Lipinski definition) is 1. The van der Waals surface area contributed by atoms with Crippen molar-refractivity contribution >= 4 is 27.3 Å². The van der Waals surface area contributed by atoms with Gasteiger partial charge in [-0.15, -0.1) is 34.9 Å². The zero-order valence-electron chi connectivity index (χ0n) is 30.2. The van der Waals surface area contributed by atoms with Gasteiger partial charge in [-0.25, -0.2) is 0 Å². The van der Waals surface area contributed by atoms with Gasteiger partial charge in [-0.1, -0.05) is 86.6 Å². The van der Waals surface area contributed by atoms with Gasteiger partial charge in [0.2, 0.25) is 0 Å². The van der Waals surface area contributed by atoms with Crippen LogP contribution in [0.5, 0.6) is 0 Å². The van der Waals surface area contributed by atoms with Crippen molar-refractivity contribution in [2.45, 2.75) is 94.4 Å². The maximum absolute atomic E-state index is 11.7. The van der Waals surface area contributed by atoms with Crippen LogP contribution < -0.4 is 0 Å². The van der Waals surface area contributed by atoms with Crippen molar-refractivity contribution in [3.05, 3.63) is 102 Å². The van der Waals surface area contributed by atoms with Crippen LogP contribution in [0, 0.1) is 37.2 Å². The number of allylic oxidation sites excluding steroid dienone is 2. The molecule has 0 spiro atoms. The quantitative estimate of drug-likeness (QED) is 0.0660. The first-order valence-electron chi connectivity index (χ1n) is 17.2. The molecule has 0 aliphatic rings. The first-order chi connectivity index (χ1) is 22.4. The van der Waals surface area contributed by atoms with Gasteiger partial charge in [0, 0.05) is 56.2 Å². The van der Waals surface area contributed by atoms with Crippen LogP contribution in [-0.4, -0.2) is 15.9 Å². The van der Waals surface area contributed by atoms with E-state index in [1.807, 2.05) is 33.9 Å². The molecule has 0 unspecified atom stereocenters. The summed E-state index contributed by atoms with van der Waals surface area (Å²) < 4.78 is 6.17. The number of fused-ring (bicyclic) bond motifs is 3. The number of aliphatic hydroxyl groups excluding tert-OH is 1. The Bertz CT molecular complexity index is 1830. The first-order valence-corrected chi connectivity index (χ1v) is 17.2. The van der Waals surface area contributed by atoms with E-state index < -0.39 is 0 Å². The summed E-state index contributed by atoms with van der Waals surface area (Å²) in [5.74, 6) is 2.50. The number of hydrogen-bond acceptors (Lipinski definition) is 4. The first kappa shape index (κ1) is 38.9. The van der Waals surface area contributed by atoms with E-state index >= 15 is 0 Å². The molecule has 5 rings (SSSR count). The van der Waals surface area contributed by atoms with Gasteiger partial charge < -0.3 is 14.5 Å². The molecule has 4 nitrogen and oxygen atoms in total. The number of rotatable bonds is 10. The number of pyridine rings is 1. The number of carbonyl (C=O) groups is 1. The largest absolute Gasteiger partial charge is 0.512 e. The molecule has 0 amide bonds. The molecule has 257 valence electrons. The fourth-order valence-electron chi connectivity index (χ4n) is 6.32. The summed E-state index contributed by atoms with van der Waals surface area (Å²) in [6, 6.07) is 25.0. The molecule has 3 aromatic carbocycles. The molecule has 0 fully saturated rings. The summed E-state index contributed by atoms with van der Waals surface area (Å²) in [5, 5.41) is 14.5. The second kappa shape index (κ2) is 17.2. The Morgan fingerprint density at radius 2 is 1.52 bits per heavy atom. The summed E-state index contributed by atoms with van der Waals surface area (Å²) in [6.45, 7) is 19.0. The minimum Gasteiger partial charge on any atom is -0.512 e. The smallest absolute Gasteiger partial charge is 0.162 e.